The summed E-state index contributed by atoms with van der Waals surface area (Å²) in [5.74, 6) is -2.67. The number of hydrogen-bond donors (Lipinski definition) is 3. The number of aromatic carboxylic acids is 1. The lowest BCUT2D eigenvalue weighted by atomic mass is 10.1. The van der Waals surface area contributed by atoms with E-state index < -0.39 is 33.4 Å². The number of sulfonamides is 1. The minimum atomic E-state index is -4.07. The Morgan fingerprint density at radius 3 is 2.20 bits per heavy atom. The van der Waals surface area contributed by atoms with E-state index in [0.717, 1.165) is 16.9 Å². The summed E-state index contributed by atoms with van der Waals surface area (Å²) in [4.78, 5) is 23.8. The molecule has 3 aromatic rings. The van der Waals surface area contributed by atoms with Gasteiger partial charge in [0.05, 0.1) is 4.90 Å². The highest BCUT2D eigenvalue weighted by molar-refractivity contribution is 7.89. The number of nitrogens with one attached hydrogen (secondary N) is 1. The first-order valence-corrected chi connectivity index (χ1v) is 11.3. The van der Waals surface area contributed by atoms with Crippen LogP contribution in [0.3, 0.4) is 0 Å². The summed E-state index contributed by atoms with van der Waals surface area (Å²) >= 11 is 1.09. The van der Waals surface area contributed by atoms with E-state index in [4.69, 9.17) is 5.11 Å². The van der Waals surface area contributed by atoms with Crippen LogP contribution in [0.5, 0.6) is 0 Å². The topological polar surface area (TPSA) is 121 Å². The predicted octanol–water partition coefficient (Wildman–Crippen LogP) is 3.40. The normalized spacial score (nSPS) is 20.6. The molecule has 2 unspecified atom stereocenters. The first-order valence-electron chi connectivity index (χ1n) is 8.99. The van der Waals surface area contributed by atoms with Gasteiger partial charge in [-0.2, -0.15) is 4.72 Å². The lowest BCUT2D eigenvalue weighted by Gasteiger charge is -2.16. The molecule has 3 N–H and O–H groups in total. The van der Waals surface area contributed by atoms with E-state index in [1.54, 1.807) is 42.5 Å². The number of aliphatic carboxylic acids is 1. The summed E-state index contributed by atoms with van der Waals surface area (Å²) < 4.78 is 28.1. The maximum absolute atomic E-state index is 12.9. The Kier molecular flexibility index (Phi) is 4.97. The second-order valence-corrected chi connectivity index (χ2v) is 9.81. The van der Waals surface area contributed by atoms with Crippen LogP contribution in [0.25, 0.3) is 10.4 Å². The number of carboxylic acids is 2. The van der Waals surface area contributed by atoms with E-state index >= 15 is 0 Å². The molecule has 1 aliphatic rings. The van der Waals surface area contributed by atoms with Gasteiger partial charge in [0, 0.05) is 10.8 Å². The van der Waals surface area contributed by atoms with Crippen molar-refractivity contribution >= 4 is 33.3 Å². The van der Waals surface area contributed by atoms with Crippen LogP contribution in [0.4, 0.5) is 0 Å². The second kappa shape index (κ2) is 7.35. The van der Waals surface area contributed by atoms with Gasteiger partial charge in [-0.05, 0) is 41.8 Å². The number of carbonyl (C=O) groups is 2. The first-order chi connectivity index (χ1) is 14.2. The van der Waals surface area contributed by atoms with Crippen molar-refractivity contribution < 1.29 is 28.2 Å². The van der Waals surface area contributed by atoms with Crippen LogP contribution in [0, 0.1) is 0 Å². The Labute approximate surface area is 176 Å². The highest BCUT2D eigenvalue weighted by Gasteiger charge is 2.63. The Morgan fingerprint density at radius 2 is 1.63 bits per heavy atom. The molecule has 2 aromatic carbocycles. The van der Waals surface area contributed by atoms with Gasteiger partial charge in [0.1, 0.15) is 10.4 Å². The fraction of sp³-hybridized carbons (Fsp3) is 0.143. The fourth-order valence-corrected chi connectivity index (χ4v) is 5.70. The summed E-state index contributed by atoms with van der Waals surface area (Å²) in [5.41, 5.74) is -0.124. The highest BCUT2D eigenvalue weighted by Crippen LogP contribution is 2.52. The summed E-state index contributed by atoms with van der Waals surface area (Å²) in [5, 5.41) is 18.7. The van der Waals surface area contributed by atoms with Gasteiger partial charge in [-0.1, -0.05) is 42.5 Å². The lowest BCUT2D eigenvalue weighted by molar-refractivity contribution is -0.140. The van der Waals surface area contributed by atoms with Crippen molar-refractivity contribution in [3.8, 4) is 10.4 Å². The molecule has 0 aliphatic heterocycles. The van der Waals surface area contributed by atoms with Crippen LogP contribution in [-0.4, -0.2) is 36.1 Å². The number of benzene rings is 2. The molecule has 9 heteroatoms. The van der Waals surface area contributed by atoms with Gasteiger partial charge in [0.25, 0.3) is 0 Å². The molecule has 7 nitrogen and oxygen atoms in total. The van der Waals surface area contributed by atoms with Crippen molar-refractivity contribution in [2.45, 2.75) is 22.8 Å². The third-order valence-corrected chi connectivity index (χ3v) is 7.77. The highest BCUT2D eigenvalue weighted by atomic mass is 32.2. The van der Waals surface area contributed by atoms with Crippen molar-refractivity contribution in [2.24, 2.45) is 0 Å². The average molecular weight is 444 g/mol. The van der Waals surface area contributed by atoms with Crippen LogP contribution >= 0.6 is 11.3 Å². The molecule has 1 saturated carbocycles. The minimum Gasteiger partial charge on any atom is -0.480 e. The molecule has 1 heterocycles. The predicted molar refractivity (Wildman–Crippen MR) is 111 cm³/mol. The zero-order chi connectivity index (χ0) is 21.5. The molecule has 0 spiro atoms. The average Bonchev–Trinajstić information content (AvgIpc) is 3.22. The van der Waals surface area contributed by atoms with Crippen LogP contribution in [0.1, 0.15) is 27.6 Å². The van der Waals surface area contributed by atoms with Gasteiger partial charge in [-0.3, -0.25) is 4.79 Å². The monoisotopic (exact) mass is 443 g/mol. The van der Waals surface area contributed by atoms with Crippen LogP contribution < -0.4 is 4.72 Å². The molecule has 1 aromatic heterocycles. The fourth-order valence-electron chi connectivity index (χ4n) is 3.45. The molecular weight excluding hydrogens is 426 g/mol. The Morgan fingerprint density at radius 1 is 0.967 bits per heavy atom. The maximum Gasteiger partial charge on any atom is 0.345 e. The lowest BCUT2D eigenvalue weighted by Crippen LogP contribution is -2.44. The molecule has 1 aliphatic carbocycles. The van der Waals surface area contributed by atoms with E-state index in [-0.39, 0.29) is 16.2 Å². The first kappa shape index (κ1) is 20.3. The Balaban J connectivity index is 1.57. The molecule has 0 radical (unpaired) electrons. The standard InChI is InChI=1S/C21H17NO6S2/c23-19(24)18-11-10-17(29-18)14-6-8-15(9-7-14)30(27,28)22-21(20(25)26)12-16(21)13-4-2-1-3-5-13/h1-11,16,22H,12H2,(H,23,24)(H,25,26). The molecule has 1 fully saturated rings. The van der Waals surface area contributed by atoms with E-state index in [2.05, 4.69) is 4.72 Å². The van der Waals surface area contributed by atoms with Crippen molar-refractivity contribution in [2.75, 3.05) is 0 Å². The molecular formula is C21H17NO6S2. The van der Waals surface area contributed by atoms with Crippen LogP contribution in [0.15, 0.2) is 71.6 Å². The number of rotatable bonds is 7. The van der Waals surface area contributed by atoms with Crippen molar-refractivity contribution in [3.63, 3.8) is 0 Å². The summed E-state index contributed by atoms with van der Waals surface area (Å²) in [6.07, 6.45) is 0.177. The molecule has 30 heavy (non-hydrogen) atoms. The molecule has 2 atom stereocenters. The maximum atomic E-state index is 12.9. The molecule has 0 saturated heterocycles. The van der Waals surface area contributed by atoms with E-state index in [9.17, 15) is 23.1 Å². The summed E-state index contributed by atoms with van der Waals surface area (Å²) in [6, 6.07) is 18.0. The molecule has 0 amide bonds. The second-order valence-electron chi connectivity index (χ2n) is 7.04. The van der Waals surface area contributed by atoms with Crippen molar-refractivity contribution in [1.29, 1.82) is 0 Å². The summed E-state index contributed by atoms with van der Waals surface area (Å²) in [7, 11) is -4.07. The Hall–Kier alpha value is -3.01. The zero-order valence-electron chi connectivity index (χ0n) is 15.5. The molecule has 4 rings (SSSR count). The minimum absolute atomic E-state index is 0.0550. The van der Waals surface area contributed by atoms with Crippen LogP contribution in [0.2, 0.25) is 0 Å². The largest absolute Gasteiger partial charge is 0.480 e. The smallest absolute Gasteiger partial charge is 0.345 e. The third kappa shape index (κ3) is 3.62. The summed E-state index contributed by atoms with van der Waals surface area (Å²) in [6.45, 7) is 0. The van der Waals surface area contributed by atoms with Gasteiger partial charge in [0.15, 0.2) is 0 Å². The van der Waals surface area contributed by atoms with Gasteiger partial charge < -0.3 is 10.2 Å². The Bertz CT molecular complexity index is 1220. The van der Waals surface area contributed by atoms with Gasteiger partial charge in [-0.15, -0.1) is 11.3 Å². The quantitative estimate of drug-likeness (QED) is 0.515. The number of carboxylic acid groups (broad SMARTS) is 2. The van der Waals surface area contributed by atoms with E-state index in [1.807, 2.05) is 6.07 Å². The van der Waals surface area contributed by atoms with Gasteiger partial charge in [-0.25, -0.2) is 13.2 Å². The third-order valence-electron chi connectivity index (χ3n) is 5.13. The van der Waals surface area contributed by atoms with E-state index in [0.29, 0.717) is 10.4 Å². The van der Waals surface area contributed by atoms with Gasteiger partial charge >= 0.3 is 11.9 Å². The van der Waals surface area contributed by atoms with E-state index in [1.165, 1.54) is 18.2 Å². The number of thiophene rings is 1. The molecule has 0 bridgehead atoms. The number of hydrogen-bond acceptors (Lipinski definition) is 5. The van der Waals surface area contributed by atoms with Crippen molar-refractivity contribution in [3.05, 3.63) is 77.2 Å². The molecule has 154 valence electrons. The van der Waals surface area contributed by atoms with Crippen molar-refractivity contribution in [1.82, 2.24) is 4.72 Å². The van der Waals surface area contributed by atoms with Gasteiger partial charge in [0.2, 0.25) is 10.0 Å². The van der Waals surface area contributed by atoms with Crippen LogP contribution in [-0.2, 0) is 14.8 Å². The zero-order valence-corrected chi connectivity index (χ0v) is 17.1. The SMILES string of the molecule is O=C(O)c1ccc(-c2ccc(S(=O)(=O)NC3(C(=O)O)CC3c3ccccc3)cc2)s1.